The van der Waals surface area contributed by atoms with Crippen LogP contribution < -0.4 is 20.7 Å². The van der Waals surface area contributed by atoms with Crippen molar-refractivity contribution in [1.29, 1.82) is 0 Å². The molecule has 0 radical (unpaired) electrons. The van der Waals surface area contributed by atoms with E-state index in [0.29, 0.717) is 32.4 Å². The number of nitrogens with zero attached hydrogens (tertiary/aromatic N) is 2. The molecule has 16 nitrogen and oxygen atoms in total. The first-order valence-electron chi connectivity index (χ1n) is 19.1. The summed E-state index contributed by atoms with van der Waals surface area (Å²) >= 11 is 0. The van der Waals surface area contributed by atoms with Crippen LogP contribution in [0.1, 0.15) is 88.8 Å². The first kappa shape index (κ1) is 40.0. The molecule has 3 fully saturated rings. The molecule has 0 aromatic heterocycles. The normalized spacial score (nSPS) is 28.2. The molecule has 2 saturated carbocycles. The molecule has 4 bridgehead atoms. The van der Waals surface area contributed by atoms with E-state index in [4.69, 9.17) is 9.47 Å². The molecule has 300 valence electrons. The maximum absolute atomic E-state index is 14.4. The van der Waals surface area contributed by atoms with Gasteiger partial charge in [-0.25, -0.2) is 18.0 Å². The molecule has 0 spiro atoms. The first-order valence-corrected chi connectivity index (χ1v) is 20.7. The molecule has 3 aliphatic heterocycles. The fourth-order valence-electron chi connectivity index (χ4n) is 7.85. The minimum atomic E-state index is -3.92. The lowest BCUT2D eigenvalue weighted by atomic mass is 9.87. The van der Waals surface area contributed by atoms with Gasteiger partial charge in [-0.1, -0.05) is 58.4 Å². The average molecular weight is 785 g/mol. The lowest BCUT2D eigenvalue weighted by Gasteiger charge is -2.30. The maximum Gasteiger partial charge on any atom is 0.410 e. The molecule has 4 N–H and O–H groups in total. The van der Waals surface area contributed by atoms with Gasteiger partial charge in [-0.2, -0.15) is 0 Å². The highest BCUT2D eigenvalue weighted by Crippen LogP contribution is 2.47. The van der Waals surface area contributed by atoms with Crippen molar-refractivity contribution < 1.29 is 46.7 Å². The number of ether oxygens (including phenoxy) is 2. The highest BCUT2D eigenvalue weighted by atomic mass is 32.2. The van der Waals surface area contributed by atoms with Crippen LogP contribution in [0.25, 0.3) is 0 Å². The zero-order chi connectivity index (χ0) is 39.7. The molecule has 1 aromatic carbocycles. The van der Waals surface area contributed by atoms with Gasteiger partial charge >= 0.3 is 12.2 Å². The summed E-state index contributed by atoms with van der Waals surface area (Å²) in [6, 6.07) is 3.32. The van der Waals surface area contributed by atoms with Gasteiger partial charge in [-0.3, -0.25) is 28.8 Å². The fourth-order valence-corrected chi connectivity index (χ4v) is 9.22. The van der Waals surface area contributed by atoms with Gasteiger partial charge in [0, 0.05) is 26.1 Å². The number of fused-ring (bicyclic) bond motifs is 3. The number of carbonyl (C=O) groups excluding carboxylic acids is 6. The summed E-state index contributed by atoms with van der Waals surface area (Å²) in [5, 5.41) is 7.16. The summed E-state index contributed by atoms with van der Waals surface area (Å²) in [4.78, 5) is 83.9. The first-order chi connectivity index (χ1) is 26.1. The Morgan fingerprint density at radius 2 is 1.84 bits per heavy atom. The zero-order valence-corrected chi connectivity index (χ0v) is 32.5. The Morgan fingerprint density at radius 1 is 1.09 bits per heavy atom. The van der Waals surface area contributed by atoms with Crippen molar-refractivity contribution >= 4 is 45.8 Å². The van der Waals surface area contributed by atoms with Crippen molar-refractivity contribution in [3.8, 4) is 0 Å². The second kappa shape index (κ2) is 15.8. The molecule has 1 aromatic rings. The predicted octanol–water partition coefficient (Wildman–Crippen LogP) is 2.15. The van der Waals surface area contributed by atoms with Crippen molar-refractivity contribution in [2.24, 2.45) is 11.3 Å². The van der Waals surface area contributed by atoms with E-state index in [1.165, 1.54) is 0 Å². The van der Waals surface area contributed by atoms with Gasteiger partial charge < -0.3 is 30.3 Å². The molecule has 2 aliphatic carbocycles. The number of aryl methyl sites for hydroxylation is 1. The summed E-state index contributed by atoms with van der Waals surface area (Å²) in [7, 11) is -3.92. The quantitative estimate of drug-likeness (QED) is 0.268. The van der Waals surface area contributed by atoms with Crippen molar-refractivity contribution in [3.05, 3.63) is 47.5 Å². The Kier molecular flexibility index (Phi) is 11.5. The third-order valence-electron chi connectivity index (χ3n) is 11.4. The van der Waals surface area contributed by atoms with Crippen LogP contribution in [0.2, 0.25) is 0 Å². The molecule has 6 rings (SSSR count). The minimum absolute atomic E-state index is 0.0560. The van der Waals surface area contributed by atoms with Gasteiger partial charge in [-0.05, 0) is 72.6 Å². The van der Waals surface area contributed by atoms with Crippen molar-refractivity contribution in [3.63, 3.8) is 0 Å². The number of amides is 6. The van der Waals surface area contributed by atoms with Crippen LogP contribution in [0.4, 0.5) is 9.59 Å². The maximum atomic E-state index is 14.4. The Labute approximate surface area is 321 Å². The molecule has 1 saturated heterocycles. The Balaban J connectivity index is 1.28. The number of rotatable bonds is 9. The van der Waals surface area contributed by atoms with Crippen molar-refractivity contribution in [2.75, 3.05) is 19.7 Å². The standard InChI is InChI=1S/C38H52N6O10S/c1-5-25-17-38(25,34(48)42-55(51,52)27-13-14-27)41-32(46)30-16-26-20-44(30)33(47)29(18-39-31(45)6-2)40-35(49)53-22-37(3,4)15-8-7-10-23-11-9-12-24-19-43(21-28(23)24)36(50)54-26/h6,9,11-12,25-27,29-30H,2,5,7-8,10,13-22H2,1,3-4H3,(H,39,45)(H,40,49)(H,41,46)(H,42,48). The molecule has 5 unspecified atom stereocenters. The van der Waals surface area contributed by atoms with Gasteiger partial charge in [0.25, 0.3) is 5.91 Å². The van der Waals surface area contributed by atoms with Crippen LogP contribution in [0.15, 0.2) is 30.9 Å². The van der Waals surface area contributed by atoms with E-state index >= 15 is 0 Å². The second-order valence-electron chi connectivity index (χ2n) is 16.2. The van der Waals surface area contributed by atoms with E-state index in [1.54, 1.807) is 4.90 Å². The van der Waals surface area contributed by atoms with Crippen molar-refractivity contribution in [2.45, 2.75) is 121 Å². The summed E-state index contributed by atoms with van der Waals surface area (Å²) in [5.74, 6) is -3.33. The number of benzene rings is 1. The SMILES string of the molecule is C=CC(=O)NCC1NC(=O)OCC(C)(C)CCCCc2cccc3c2CN(C3)C(=O)OC2CC(C(=O)NC3(C(=O)NS(=O)(=O)C4CC4)CC3CC)N(C2)C1=O. The van der Waals surface area contributed by atoms with Gasteiger partial charge in [0.05, 0.1) is 18.4 Å². The molecule has 5 atom stereocenters. The van der Waals surface area contributed by atoms with E-state index < -0.39 is 80.2 Å². The minimum Gasteiger partial charge on any atom is -0.449 e. The highest BCUT2D eigenvalue weighted by Gasteiger charge is 2.62. The number of carbonyl (C=O) groups is 6. The number of hydrogen-bond acceptors (Lipinski definition) is 10. The zero-order valence-electron chi connectivity index (χ0n) is 31.7. The monoisotopic (exact) mass is 784 g/mol. The summed E-state index contributed by atoms with van der Waals surface area (Å²) in [6.07, 6.45) is 3.23. The Bertz CT molecular complexity index is 1850. The average Bonchev–Trinajstić information content (AvgIpc) is 4.04. The summed E-state index contributed by atoms with van der Waals surface area (Å²) in [5.41, 5.74) is 1.32. The molecule has 5 aliphatic rings. The number of nitrogens with one attached hydrogen (secondary N) is 4. The third kappa shape index (κ3) is 9.08. The molecule has 6 amide bonds. The molecular weight excluding hydrogens is 733 g/mol. The molecule has 17 heteroatoms. The van der Waals surface area contributed by atoms with Gasteiger partial charge in [0.1, 0.15) is 23.7 Å². The van der Waals surface area contributed by atoms with Crippen LogP contribution in [0.3, 0.4) is 0 Å². The summed E-state index contributed by atoms with van der Waals surface area (Å²) in [6.45, 7) is 9.33. The van der Waals surface area contributed by atoms with Crippen LogP contribution in [0.5, 0.6) is 0 Å². The molecule has 3 heterocycles. The fraction of sp³-hybridized carbons (Fsp3) is 0.632. The predicted molar refractivity (Wildman–Crippen MR) is 198 cm³/mol. The van der Waals surface area contributed by atoms with Gasteiger partial charge in [0.15, 0.2) is 0 Å². The Hall–Kier alpha value is -4.67. The third-order valence-corrected chi connectivity index (χ3v) is 13.2. The number of alkyl carbamates (subject to hydrolysis) is 1. The smallest absolute Gasteiger partial charge is 0.410 e. The van der Waals surface area contributed by atoms with Crippen LogP contribution in [-0.4, -0.2) is 103 Å². The van der Waals surface area contributed by atoms with E-state index in [0.717, 1.165) is 53.3 Å². The van der Waals surface area contributed by atoms with Gasteiger partial charge in [0.2, 0.25) is 27.7 Å². The summed E-state index contributed by atoms with van der Waals surface area (Å²) < 4.78 is 39.1. The van der Waals surface area contributed by atoms with Gasteiger partial charge in [-0.15, -0.1) is 0 Å². The number of cyclic esters (lactones) is 1. The van der Waals surface area contributed by atoms with E-state index in [-0.39, 0.29) is 38.5 Å². The largest absolute Gasteiger partial charge is 0.449 e. The topological polar surface area (TPSA) is 210 Å². The Morgan fingerprint density at radius 3 is 2.53 bits per heavy atom. The van der Waals surface area contributed by atoms with Crippen LogP contribution >= 0.6 is 0 Å². The molecule has 55 heavy (non-hydrogen) atoms. The molecular formula is C38H52N6O10S. The van der Waals surface area contributed by atoms with E-state index in [9.17, 15) is 37.2 Å². The number of sulfonamides is 1. The highest BCUT2D eigenvalue weighted by molar-refractivity contribution is 7.91. The lowest BCUT2D eigenvalue weighted by molar-refractivity contribution is -0.141. The van der Waals surface area contributed by atoms with E-state index in [2.05, 4.69) is 33.3 Å². The van der Waals surface area contributed by atoms with E-state index in [1.807, 2.05) is 32.9 Å². The van der Waals surface area contributed by atoms with Crippen LogP contribution in [-0.2, 0) is 58.2 Å². The number of hydrogen-bond donors (Lipinski definition) is 4. The second-order valence-corrected chi connectivity index (χ2v) is 18.2. The van der Waals surface area contributed by atoms with Crippen LogP contribution in [0, 0.1) is 11.3 Å². The van der Waals surface area contributed by atoms with Crippen molar-refractivity contribution in [1.82, 2.24) is 30.5 Å². The lowest BCUT2D eigenvalue weighted by Crippen LogP contribution is -2.59.